The molecule has 4 aliphatic rings. The van der Waals surface area contributed by atoms with Crippen LogP contribution in [0, 0.1) is 29.6 Å². The second-order valence-electron chi connectivity index (χ2n) is 9.92. The molecule has 0 aromatic heterocycles. The number of imide groups is 1. The molecule has 2 aromatic rings. The number of rotatable bonds is 5. The first-order valence-electron chi connectivity index (χ1n) is 12.1. The Hall–Kier alpha value is -3.68. The molecule has 8 heteroatoms. The van der Waals surface area contributed by atoms with E-state index in [-0.39, 0.29) is 48.3 Å². The van der Waals surface area contributed by atoms with Gasteiger partial charge in [-0.1, -0.05) is 6.07 Å². The highest BCUT2D eigenvalue weighted by Crippen LogP contribution is 2.56. The van der Waals surface area contributed by atoms with Crippen molar-refractivity contribution in [2.24, 2.45) is 29.6 Å². The van der Waals surface area contributed by atoms with Crippen LogP contribution in [0.3, 0.4) is 0 Å². The number of amides is 3. The van der Waals surface area contributed by atoms with E-state index in [4.69, 9.17) is 9.47 Å². The van der Waals surface area contributed by atoms with Gasteiger partial charge in [0, 0.05) is 24.7 Å². The van der Waals surface area contributed by atoms with Gasteiger partial charge in [0.25, 0.3) is 0 Å². The Labute approximate surface area is 202 Å². The molecule has 2 bridgehead atoms. The summed E-state index contributed by atoms with van der Waals surface area (Å²) in [4.78, 5) is 54.5. The molecule has 4 fully saturated rings. The van der Waals surface area contributed by atoms with E-state index in [2.05, 4.69) is 0 Å². The summed E-state index contributed by atoms with van der Waals surface area (Å²) in [5, 5.41) is 0. The minimum atomic E-state index is -0.613. The fourth-order valence-corrected chi connectivity index (χ4v) is 6.43. The molecule has 5 atom stereocenters. The number of nitrogens with zero attached hydrogens (tertiary/aromatic N) is 2. The van der Waals surface area contributed by atoms with E-state index < -0.39 is 11.9 Å². The van der Waals surface area contributed by atoms with Gasteiger partial charge in [0.05, 0.1) is 30.6 Å². The summed E-state index contributed by atoms with van der Waals surface area (Å²) >= 11 is 0. The molecule has 3 amide bonds. The summed E-state index contributed by atoms with van der Waals surface area (Å²) < 4.78 is 10.8. The van der Waals surface area contributed by atoms with E-state index in [1.807, 2.05) is 0 Å². The van der Waals surface area contributed by atoms with Gasteiger partial charge in [-0.3, -0.25) is 19.2 Å². The number of hydrogen-bond donors (Lipinski definition) is 0. The molecule has 2 aliphatic carbocycles. The van der Waals surface area contributed by atoms with Gasteiger partial charge >= 0.3 is 5.97 Å². The number of ether oxygens (including phenoxy) is 2. The molecule has 35 heavy (non-hydrogen) atoms. The highest BCUT2D eigenvalue weighted by Gasteiger charge is 2.61. The number of carbonyl (C=O) groups is 4. The molecule has 0 N–H and O–H groups in total. The summed E-state index contributed by atoms with van der Waals surface area (Å²) in [6.45, 7) is 0.221. The van der Waals surface area contributed by atoms with Gasteiger partial charge in [0.2, 0.25) is 17.7 Å². The van der Waals surface area contributed by atoms with Crippen molar-refractivity contribution < 1.29 is 28.7 Å². The molecule has 180 valence electrons. The van der Waals surface area contributed by atoms with Gasteiger partial charge in [-0.15, -0.1) is 0 Å². The van der Waals surface area contributed by atoms with Crippen molar-refractivity contribution in [1.82, 2.24) is 0 Å². The standard InChI is InChI=1S/C27H26N2O6/c1-34-20-9-7-18(8-10-20)28-14-17(12-22(28)30)27(33)35-21-4-2-3-19(13-21)29-25(31)23-15-5-6-16(11-15)24(23)26(29)32/h2-4,7-10,13,15-17,23-24H,5-6,11-12,14H2,1H3/t15-,16-,17+,23-,24+/m0/s1. The number of benzene rings is 2. The molecule has 0 radical (unpaired) electrons. The third-order valence-corrected chi connectivity index (χ3v) is 8.06. The van der Waals surface area contributed by atoms with E-state index in [0.29, 0.717) is 29.0 Å². The van der Waals surface area contributed by atoms with E-state index in [1.165, 1.54) is 4.90 Å². The van der Waals surface area contributed by atoms with Gasteiger partial charge in [-0.05, 0) is 67.5 Å². The zero-order chi connectivity index (χ0) is 24.3. The highest BCUT2D eigenvalue weighted by atomic mass is 16.5. The molecular formula is C27H26N2O6. The van der Waals surface area contributed by atoms with E-state index in [9.17, 15) is 19.2 Å². The van der Waals surface area contributed by atoms with Crippen molar-refractivity contribution in [3.63, 3.8) is 0 Å². The summed E-state index contributed by atoms with van der Waals surface area (Å²) in [5.74, 6) is -0.409. The van der Waals surface area contributed by atoms with Crippen LogP contribution in [0.25, 0.3) is 0 Å². The van der Waals surface area contributed by atoms with Gasteiger partial charge in [0.1, 0.15) is 11.5 Å². The summed E-state index contributed by atoms with van der Waals surface area (Å²) in [5.41, 5.74) is 1.13. The maximum Gasteiger partial charge on any atom is 0.316 e. The summed E-state index contributed by atoms with van der Waals surface area (Å²) in [7, 11) is 1.57. The fourth-order valence-electron chi connectivity index (χ4n) is 6.43. The lowest BCUT2D eigenvalue weighted by molar-refractivity contribution is -0.139. The number of methoxy groups -OCH3 is 1. The van der Waals surface area contributed by atoms with Gasteiger partial charge < -0.3 is 14.4 Å². The van der Waals surface area contributed by atoms with Crippen LogP contribution in [-0.4, -0.2) is 37.3 Å². The van der Waals surface area contributed by atoms with E-state index in [1.54, 1.807) is 60.5 Å². The quantitative estimate of drug-likeness (QED) is 0.375. The zero-order valence-electron chi connectivity index (χ0n) is 19.4. The molecule has 6 rings (SSSR count). The SMILES string of the molecule is COc1ccc(N2C[C@H](C(=O)Oc3cccc(N4C(=O)[C@@H]5[C@H]6CC[C@@H](C6)[C@@H]5C4=O)c3)CC2=O)cc1. The number of hydrogen-bond acceptors (Lipinski definition) is 6. The maximum absolute atomic E-state index is 13.1. The van der Waals surface area contributed by atoms with E-state index >= 15 is 0 Å². The Morgan fingerprint density at radius 1 is 0.886 bits per heavy atom. The predicted octanol–water partition coefficient (Wildman–Crippen LogP) is 3.19. The molecule has 2 aliphatic heterocycles. The number of carbonyl (C=O) groups excluding carboxylic acids is 4. The van der Waals surface area contributed by atoms with Crippen molar-refractivity contribution in [3.05, 3.63) is 48.5 Å². The van der Waals surface area contributed by atoms with Gasteiger partial charge in [-0.25, -0.2) is 4.90 Å². The van der Waals surface area contributed by atoms with Gasteiger partial charge in [-0.2, -0.15) is 0 Å². The third kappa shape index (κ3) is 3.50. The minimum Gasteiger partial charge on any atom is -0.497 e. The predicted molar refractivity (Wildman–Crippen MR) is 126 cm³/mol. The van der Waals surface area contributed by atoms with Crippen LogP contribution in [0.2, 0.25) is 0 Å². The minimum absolute atomic E-state index is 0.0553. The Balaban J connectivity index is 1.15. The summed E-state index contributed by atoms with van der Waals surface area (Å²) in [6.07, 6.45) is 3.07. The molecule has 2 heterocycles. The van der Waals surface area contributed by atoms with Crippen molar-refractivity contribution in [3.8, 4) is 11.5 Å². The molecule has 2 saturated carbocycles. The van der Waals surface area contributed by atoms with Crippen LogP contribution in [0.1, 0.15) is 25.7 Å². The van der Waals surface area contributed by atoms with Crippen molar-refractivity contribution in [2.75, 3.05) is 23.5 Å². The largest absolute Gasteiger partial charge is 0.497 e. The molecular weight excluding hydrogens is 448 g/mol. The molecule has 8 nitrogen and oxygen atoms in total. The van der Waals surface area contributed by atoms with Crippen LogP contribution in [0.5, 0.6) is 11.5 Å². The lowest BCUT2D eigenvalue weighted by Crippen LogP contribution is -2.32. The number of esters is 1. The third-order valence-electron chi connectivity index (χ3n) is 8.06. The Morgan fingerprint density at radius 3 is 2.23 bits per heavy atom. The lowest BCUT2D eigenvalue weighted by Gasteiger charge is -2.19. The second kappa shape index (κ2) is 8.22. The van der Waals surface area contributed by atoms with Crippen LogP contribution < -0.4 is 19.3 Å². The molecule has 0 unspecified atom stereocenters. The Morgan fingerprint density at radius 2 is 1.57 bits per heavy atom. The smallest absolute Gasteiger partial charge is 0.316 e. The second-order valence-corrected chi connectivity index (χ2v) is 9.92. The molecule has 0 spiro atoms. The first-order chi connectivity index (χ1) is 16.9. The Bertz CT molecular complexity index is 1200. The average molecular weight is 475 g/mol. The normalized spacial score (nSPS) is 29.2. The molecule has 2 saturated heterocycles. The van der Waals surface area contributed by atoms with Crippen molar-refractivity contribution >= 4 is 35.1 Å². The maximum atomic E-state index is 13.1. The monoisotopic (exact) mass is 474 g/mol. The Kier molecular flexibility index (Phi) is 5.12. The fraction of sp³-hybridized carbons (Fsp3) is 0.407. The highest BCUT2D eigenvalue weighted by molar-refractivity contribution is 6.22. The van der Waals surface area contributed by atoms with Crippen LogP contribution in [0.4, 0.5) is 11.4 Å². The molecule has 2 aromatic carbocycles. The van der Waals surface area contributed by atoms with Crippen molar-refractivity contribution in [1.29, 1.82) is 0 Å². The topological polar surface area (TPSA) is 93.2 Å². The zero-order valence-corrected chi connectivity index (χ0v) is 19.4. The number of fused-ring (bicyclic) bond motifs is 5. The first-order valence-corrected chi connectivity index (χ1v) is 12.1. The van der Waals surface area contributed by atoms with E-state index in [0.717, 1.165) is 19.3 Å². The van der Waals surface area contributed by atoms with Crippen LogP contribution >= 0.6 is 0 Å². The first kappa shape index (κ1) is 21.8. The average Bonchev–Trinajstić information content (AvgIpc) is 3.63. The van der Waals surface area contributed by atoms with Crippen LogP contribution in [-0.2, 0) is 19.2 Å². The van der Waals surface area contributed by atoms with Gasteiger partial charge in [0.15, 0.2) is 0 Å². The van der Waals surface area contributed by atoms with Crippen LogP contribution in [0.15, 0.2) is 48.5 Å². The van der Waals surface area contributed by atoms with Crippen molar-refractivity contribution in [2.45, 2.75) is 25.7 Å². The lowest BCUT2D eigenvalue weighted by atomic mass is 9.81. The summed E-state index contributed by atoms with van der Waals surface area (Å²) in [6, 6.07) is 13.6. The number of anilines is 2.